The number of hydrogen-bond acceptors (Lipinski definition) is 3. The van der Waals surface area contributed by atoms with Crippen molar-refractivity contribution in [3.63, 3.8) is 0 Å². The van der Waals surface area contributed by atoms with Gasteiger partial charge in [-0.25, -0.2) is 9.37 Å². The van der Waals surface area contributed by atoms with Crippen LogP contribution in [0.15, 0.2) is 41.6 Å². The first-order valence-electron chi connectivity index (χ1n) is 5.85. The molecule has 2 rings (SSSR count). The lowest BCUT2D eigenvalue weighted by molar-refractivity contribution is -0.113. The third-order valence-electron chi connectivity index (χ3n) is 2.44. The van der Waals surface area contributed by atoms with Crippen molar-refractivity contribution in [2.75, 3.05) is 11.1 Å². The summed E-state index contributed by atoms with van der Waals surface area (Å²) in [6, 6.07) is 7.63. The third-order valence-corrected chi connectivity index (χ3v) is 3.70. The molecule has 1 aromatic carbocycles. The molecule has 6 heteroatoms. The van der Waals surface area contributed by atoms with Crippen LogP contribution in [0, 0.1) is 12.7 Å². The van der Waals surface area contributed by atoms with E-state index in [0.717, 1.165) is 16.7 Å². The number of benzene rings is 1. The van der Waals surface area contributed by atoms with Gasteiger partial charge in [0.15, 0.2) is 0 Å². The van der Waals surface area contributed by atoms with E-state index in [9.17, 15) is 9.18 Å². The van der Waals surface area contributed by atoms with Crippen molar-refractivity contribution in [3.8, 4) is 0 Å². The highest BCUT2D eigenvalue weighted by atomic mass is 35.5. The van der Waals surface area contributed by atoms with Crippen LogP contribution in [-0.2, 0) is 4.79 Å². The molecule has 0 saturated heterocycles. The maximum absolute atomic E-state index is 12.9. The van der Waals surface area contributed by atoms with Gasteiger partial charge >= 0.3 is 0 Å². The molecule has 0 unspecified atom stereocenters. The Hall–Kier alpha value is -1.59. The predicted octanol–water partition coefficient (Wildman–Crippen LogP) is 3.91. The minimum absolute atomic E-state index is 0.178. The van der Waals surface area contributed by atoms with Crippen LogP contribution in [0.1, 0.15) is 5.56 Å². The molecule has 2 aromatic rings. The van der Waals surface area contributed by atoms with Gasteiger partial charge < -0.3 is 5.32 Å². The van der Waals surface area contributed by atoms with Crippen LogP contribution in [0.5, 0.6) is 0 Å². The quantitative estimate of drug-likeness (QED) is 0.870. The standard InChI is InChI=1S/C14H12ClFN2OS/c1-9-2-5-14(17-7-9)20-8-13(19)18-12-4-3-10(16)6-11(12)15/h2-7H,8H2,1H3,(H,18,19). The molecule has 0 radical (unpaired) electrons. The largest absolute Gasteiger partial charge is 0.324 e. The van der Waals surface area contributed by atoms with E-state index in [1.165, 1.54) is 23.9 Å². The Bertz CT molecular complexity index is 619. The molecule has 0 saturated carbocycles. The summed E-state index contributed by atoms with van der Waals surface area (Å²) >= 11 is 7.16. The first kappa shape index (κ1) is 14.8. The van der Waals surface area contributed by atoms with Crippen molar-refractivity contribution in [2.45, 2.75) is 11.9 Å². The normalized spacial score (nSPS) is 10.3. The zero-order chi connectivity index (χ0) is 14.5. The van der Waals surface area contributed by atoms with Crippen molar-refractivity contribution >= 4 is 35.0 Å². The molecular weight excluding hydrogens is 299 g/mol. The zero-order valence-electron chi connectivity index (χ0n) is 10.7. The maximum atomic E-state index is 12.9. The van der Waals surface area contributed by atoms with Gasteiger partial charge in [-0.2, -0.15) is 0 Å². The van der Waals surface area contributed by atoms with Gasteiger partial charge in [0.05, 0.1) is 21.5 Å². The number of rotatable bonds is 4. The Morgan fingerprint density at radius 1 is 1.40 bits per heavy atom. The Balaban J connectivity index is 1.90. The lowest BCUT2D eigenvalue weighted by Gasteiger charge is -2.07. The third kappa shape index (κ3) is 4.21. The van der Waals surface area contributed by atoms with Crippen LogP contribution in [0.25, 0.3) is 0 Å². The Morgan fingerprint density at radius 2 is 2.20 bits per heavy atom. The van der Waals surface area contributed by atoms with Gasteiger partial charge in [-0.05, 0) is 36.8 Å². The van der Waals surface area contributed by atoms with E-state index < -0.39 is 5.82 Å². The van der Waals surface area contributed by atoms with Gasteiger partial charge in [-0.1, -0.05) is 29.4 Å². The number of amides is 1. The number of anilines is 1. The summed E-state index contributed by atoms with van der Waals surface area (Å²) in [6.07, 6.45) is 1.75. The first-order valence-corrected chi connectivity index (χ1v) is 7.21. The molecule has 1 aromatic heterocycles. The summed E-state index contributed by atoms with van der Waals surface area (Å²) in [5.41, 5.74) is 1.47. The lowest BCUT2D eigenvalue weighted by Crippen LogP contribution is -2.14. The minimum atomic E-state index is -0.439. The highest BCUT2D eigenvalue weighted by molar-refractivity contribution is 7.99. The fourth-order valence-electron chi connectivity index (χ4n) is 1.46. The van der Waals surface area contributed by atoms with E-state index in [2.05, 4.69) is 10.3 Å². The number of carbonyl (C=O) groups excluding carboxylic acids is 1. The van der Waals surface area contributed by atoms with Crippen LogP contribution >= 0.6 is 23.4 Å². The van der Waals surface area contributed by atoms with E-state index in [1.807, 2.05) is 19.1 Å². The average Bonchev–Trinajstić information content (AvgIpc) is 2.41. The van der Waals surface area contributed by atoms with Crippen molar-refractivity contribution in [3.05, 3.63) is 52.9 Å². The second kappa shape index (κ2) is 6.72. The van der Waals surface area contributed by atoms with Crippen molar-refractivity contribution in [1.29, 1.82) is 0 Å². The summed E-state index contributed by atoms with van der Waals surface area (Å²) < 4.78 is 12.9. The summed E-state index contributed by atoms with van der Waals surface area (Å²) in [6.45, 7) is 1.95. The van der Waals surface area contributed by atoms with E-state index in [1.54, 1.807) is 6.20 Å². The van der Waals surface area contributed by atoms with Gasteiger partial charge in [0, 0.05) is 6.20 Å². The van der Waals surface area contributed by atoms with E-state index in [4.69, 9.17) is 11.6 Å². The highest BCUT2D eigenvalue weighted by Gasteiger charge is 2.07. The Labute approximate surface area is 125 Å². The molecule has 1 heterocycles. The smallest absolute Gasteiger partial charge is 0.234 e. The van der Waals surface area contributed by atoms with E-state index >= 15 is 0 Å². The van der Waals surface area contributed by atoms with Crippen molar-refractivity contribution < 1.29 is 9.18 Å². The molecular formula is C14H12ClFN2OS. The van der Waals surface area contributed by atoms with Crippen LogP contribution in [0.4, 0.5) is 10.1 Å². The zero-order valence-corrected chi connectivity index (χ0v) is 12.3. The fourth-order valence-corrected chi connectivity index (χ4v) is 2.31. The molecule has 3 nitrogen and oxygen atoms in total. The van der Waals surface area contributed by atoms with Gasteiger partial charge in [0.1, 0.15) is 5.82 Å². The molecule has 0 aliphatic rings. The number of nitrogens with one attached hydrogen (secondary N) is 1. The molecule has 0 aliphatic carbocycles. The molecule has 0 fully saturated rings. The predicted molar refractivity (Wildman–Crippen MR) is 79.7 cm³/mol. The van der Waals surface area contributed by atoms with E-state index in [-0.39, 0.29) is 16.7 Å². The molecule has 0 bridgehead atoms. The fraction of sp³-hybridized carbons (Fsp3) is 0.143. The molecule has 20 heavy (non-hydrogen) atoms. The lowest BCUT2D eigenvalue weighted by atomic mass is 10.3. The minimum Gasteiger partial charge on any atom is -0.324 e. The van der Waals surface area contributed by atoms with E-state index in [0.29, 0.717) is 5.69 Å². The van der Waals surface area contributed by atoms with Gasteiger partial charge in [0.2, 0.25) is 5.91 Å². The summed E-state index contributed by atoms with van der Waals surface area (Å²) in [7, 11) is 0. The topological polar surface area (TPSA) is 42.0 Å². The molecule has 0 spiro atoms. The Kier molecular flexibility index (Phi) is 4.98. The van der Waals surface area contributed by atoms with Crippen LogP contribution in [-0.4, -0.2) is 16.6 Å². The monoisotopic (exact) mass is 310 g/mol. The summed E-state index contributed by atoms with van der Waals surface area (Å²) in [5, 5.41) is 3.58. The summed E-state index contributed by atoms with van der Waals surface area (Å²) in [5.74, 6) is -0.443. The average molecular weight is 311 g/mol. The second-order valence-electron chi connectivity index (χ2n) is 4.13. The molecule has 1 amide bonds. The second-order valence-corrected chi connectivity index (χ2v) is 5.54. The van der Waals surface area contributed by atoms with Crippen LogP contribution < -0.4 is 5.32 Å². The highest BCUT2D eigenvalue weighted by Crippen LogP contribution is 2.23. The number of hydrogen-bond donors (Lipinski definition) is 1. The van der Waals surface area contributed by atoms with Crippen molar-refractivity contribution in [1.82, 2.24) is 4.98 Å². The molecule has 0 aliphatic heterocycles. The Morgan fingerprint density at radius 3 is 2.85 bits per heavy atom. The number of aryl methyl sites for hydroxylation is 1. The number of aromatic nitrogens is 1. The first-order chi connectivity index (χ1) is 9.54. The van der Waals surface area contributed by atoms with Gasteiger partial charge in [-0.3, -0.25) is 4.79 Å². The number of carbonyl (C=O) groups is 1. The van der Waals surface area contributed by atoms with Gasteiger partial charge in [-0.15, -0.1) is 0 Å². The van der Waals surface area contributed by atoms with Crippen LogP contribution in [0.3, 0.4) is 0 Å². The molecule has 1 N–H and O–H groups in total. The molecule has 0 atom stereocenters. The molecule has 104 valence electrons. The number of pyridine rings is 1. The number of nitrogens with zero attached hydrogens (tertiary/aromatic N) is 1. The SMILES string of the molecule is Cc1ccc(SCC(=O)Nc2ccc(F)cc2Cl)nc1. The van der Waals surface area contributed by atoms with Crippen molar-refractivity contribution in [2.24, 2.45) is 0 Å². The maximum Gasteiger partial charge on any atom is 0.234 e. The number of thioether (sulfide) groups is 1. The van der Waals surface area contributed by atoms with Gasteiger partial charge in [0.25, 0.3) is 0 Å². The summed E-state index contributed by atoms with van der Waals surface area (Å²) in [4.78, 5) is 16.0. The van der Waals surface area contributed by atoms with Crippen LogP contribution in [0.2, 0.25) is 5.02 Å². The number of halogens is 2.